The lowest BCUT2D eigenvalue weighted by molar-refractivity contribution is 0.588. The molecule has 0 N–H and O–H groups in total. The van der Waals surface area contributed by atoms with Crippen molar-refractivity contribution in [1.82, 2.24) is 0 Å². The lowest BCUT2D eigenvalue weighted by Gasteiger charge is -2.45. The Hall–Kier alpha value is -2.94. The minimum absolute atomic E-state index is 0.169. The fourth-order valence-corrected chi connectivity index (χ4v) is 3.93. The van der Waals surface area contributed by atoms with Crippen LogP contribution in [0.15, 0.2) is 72.8 Å². The van der Waals surface area contributed by atoms with Gasteiger partial charge in [-0.05, 0) is 61.2 Å². The van der Waals surface area contributed by atoms with Crippen LogP contribution < -0.4 is 14.7 Å². The van der Waals surface area contributed by atoms with Gasteiger partial charge in [-0.2, -0.15) is 0 Å². The molecule has 0 bridgehead atoms. The zero-order valence-electron chi connectivity index (χ0n) is 18.9. The van der Waals surface area contributed by atoms with E-state index in [-0.39, 0.29) is 5.41 Å². The average Bonchev–Trinajstić information content (AvgIpc) is 2.74. The number of hydrogen-bond donors (Lipinski definition) is 0. The molecule has 0 unspecified atom stereocenters. The lowest BCUT2D eigenvalue weighted by atomic mass is 9.87. The summed E-state index contributed by atoms with van der Waals surface area (Å²) in [6, 6.07) is 26.8. The summed E-state index contributed by atoms with van der Waals surface area (Å²) >= 11 is 0. The van der Waals surface area contributed by atoms with Crippen molar-refractivity contribution in [3.05, 3.63) is 89.5 Å². The average molecular weight is 400 g/mol. The summed E-state index contributed by atoms with van der Waals surface area (Å²) in [7, 11) is 0. The molecule has 1 aliphatic rings. The molecule has 0 aromatic heterocycles. The zero-order valence-corrected chi connectivity index (χ0v) is 18.9. The first kappa shape index (κ1) is 20.3. The molecule has 4 rings (SSSR count). The monoisotopic (exact) mass is 399 g/mol. The molecule has 3 nitrogen and oxygen atoms in total. The molecule has 1 fully saturated rings. The topological polar surface area (TPSA) is 9.72 Å². The largest absolute Gasteiger partial charge is 0.336 e. The van der Waals surface area contributed by atoms with E-state index in [1.165, 1.54) is 33.8 Å². The van der Waals surface area contributed by atoms with E-state index in [0.717, 1.165) is 20.0 Å². The molecule has 0 spiro atoms. The van der Waals surface area contributed by atoms with Crippen molar-refractivity contribution in [2.24, 2.45) is 0 Å². The molecule has 3 heteroatoms. The first-order valence-corrected chi connectivity index (χ1v) is 10.8. The van der Waals surface area contributed by atoms with Crippen molar-refractivity contribution in [1.29, 1.82) is 0 Å². The number of rotatable bonds is 3. The highest BCUT2D eigenvalue weighted by Crippen LogP contribution is 2.29. The van der Waals surface area contributed by atoms with Crippen molar-refractivity contribution < 1.29 is 0 Å². The van der Waals surface area contributed by atoms with Crippen LogP contribution in [-0.4, -0.2) is 20.0 Å². The fourth-order valence-electron chi connectivity index (χ4n) is 3.93. The van der Waals surface area contributed by atoms with Crippen LogP contribution in [0.1, 0.15) is 37.5 Å². The smallest absolute Gasteiger partial charge is 0.0937 e. The van der Waals surface area contributed by atoms with Crippen LogP contribution >= 0.6 is 0 Å². The normalized spacial score (nSPS) is 14.9. The van der Waals surface area contributed by atoms with Gasteiger partial charge in [-0.25, -0.2) is 0 Å². The van der Waals surface area contributed by atoms with Gasteiger partial charge in [-0.15, -0.1) is 0 Å². The van der Waals surface area contributed by atoms with Crippen LogP contribution in [0.25, 0.3) is 0 Å². The van der Waals surface area contributed by atoms with Crippen molar-refractivity contribution in [2.45, 2.75) is 40.0 Å². The van der Waals surface area contributed by atoms with E-state index in [2.05, 4.69) is 122 Å². The molecule has 0 saturated carbocycles. The maximum Gasteiger partial charge on any atom is 0.0937 e. The molecule has 30 heavy (non-hydrogen) atoms. The summed E-state index contributed by atoms with van der Waals surface area (Å²) in [4.78, 5) is 7.34. The molecule has 0 amide bonds. The first-order chi connectivity index (χ1) is 14.3. The van der Waals surface area contributed by atoms with Gasteiger partial charge < -0.3 is 14.7 Å². The SMILES string of the molecule is Cc1ccc(N2CN(c3ccc(C)cc3)CN(c3ccc(C(C)(C)C)cc3)C2)cc1. The summed E-state index contributed by atoms with van der Waals surface area (Å²) in [5, 5.41) is 0. The second-order valence-corrected chi connectivity index (χ2v) is 9.51. The molecular formula is C27H33N3. The van der Waals surface area contributed by atoms with Gasteiger partial charge in [-0.3, -0.25) is 0 Å². The summed E-state index contributed by atoms with van der Waals surface area (Å²) in [6.07, 6.45) is 0. The van der Waals surface area contributed by atoms with Gasteiger partial charge in [0.05, 0.1) is 20.0 Å². The Balaban J connectivity index is 1.65. The van der Waals surface area contributed by atoms with Crippen LogP contribution in [0.4, 0.5) is 17.1 Å². The van der Waals surface area contributed by atoms with Crippen LogP contribution in [0.3, 0.4) is 0 Å². The summed E-state index contributed by atoms with van der Waals surface area (Å²) in [5.74, 6) is 0. The van der Waals surface area contributed by atoms with Gasteiger partial charge in [0, 0.05) is 17.1 Å². The molecule has 0 radical (unpaired) electrons. The third-order valence-electron chi connectivity index (χ3n) is 5.92. The Kier molecular flexibility index (Phi) is 5.46. The maximum atomic E-state index is 2.45. The number of anilines is 3. The lowest BCUT2D eigenvalue weighted by Crippen LogP contribution is -2.55. The third-order valence-corrected chi connectivity index (χ3v) is 5.92. The van der Waals surface area contributed by atoms with E-state index in [0.29, 0.717) is 0 Å². The van der Waals surface area contributed by atoms with E-state index in [1.807, 2.05) is 0 Å². The van der Waals surface area contributed by atoms with E-state index < -0.39 is 0 Å². The molecule has 1 heterocycles. The third kappa shape index (κ3) is 4.46. The van der Waals surface area contributed by atoms with Gasteiger partial charge in [-0.1, -0.05) is 68.3 Å². The molecule has 156 valence electrons. The Labute approximate surface area is 181 Å². The van der Waals surface area contributed by atoms with Crippen LogP contribution in [-0.2, 0) is 5.41 Å². The number of benzene rings is 3. The standard InChI is InChI=1S/C27H33N3/c1-21-6-12-24(13-7-21)28-18-29(25-14-8-22(2)9-15-25)20-30(19-28)26-16-10-23(11-17-26)27(3,4)5/h6-17H,18-20H2,1-5H3. The number of nitrogens with zero attached hydrogens (tertiary/aromatic N) is 3. The Morgan fingerprint density at radius 1 is 0.500 bits per heavy atom. The highest BCUT2D eigenvalue weighted by atomic mass is 15.5. The predicted octanol–water partition coefficient (Wildman–Crippen LogP) is 6.31. The predicted molar refractivity (Wildman–Crippen MR) is 130 cm³/mol. The van der Waals surface area contributed by atoms with Gasteiger partial charge in [0.1, 0.15) is 0 Å². The second-order valence-electron chi connectivity index (χ2n) is 9.51. The van der Waals surface area contributed by atoms with Crippen molar-refractivity contribution in [3.63, 3.8) is 0 Å². The van der Waals surface area contributed by atoms with Gasteiger partial charge in [0.2, 0.25) is 0 Å². The molecule has 1 saturated heterocycles. The van der Waals surface area contributed by atoms with Gasteiger partial charge in [0.15, 0.2) is 0 Å². The minimum atomic E-state index is 0.169. The Bertz CT molecular complexity index is 913. The van der Waals surface area contributed by atoms with Gasteiger partial charge >= 0.3 is 0 Å². The van der Waals surface area contributed by atoms with Crippen molar-refractivity contribution in [3.8, 4) is 0 Å². The quantitative estimate of drug-likeness (QED) is 0.511. The number of aryl methyl sites for hydroxylation is 2. The molecule has 1 aliphatic heterocycles. The van der Waals surface area contributed by atoms with E-state index >= 15 is 0 Å². The van der Waals surface area contributed by atoms with Crippen LogP contribution in [0.5, 0.6) is 0 Å². The number of hydrogen-bond acceptors (Lipinski definition) is 3. The fraction of sp³-hybridized carbons (Fsp3) is 0.333. The Morgan fingerprint density at radius 3 is 1.10 bits per heavy atom. The maximum absolute atomic E-state index is 2.45. The molecule has 3 aromatic rings. The van der Waals surface area contributed by atoms with Gasteiger partial charge in [0.25, 0.3) is 0 Å². The zero-order chi connectivity index (χ0) is 21.3. The van der Waals surface area contributed by atoms with Crippen molar-refractivity contribution >= 4 is 17.1 Å². The second kappa shape index (κ2) is 8.06. The van der Waals surface area contributed by atoms with Crippen LogP contribution in [0, 0.1) is 13.8 Å². The van der Waals surface area contributed by atoms with Crippen LogP contribution in [0.2, 0.25) is 0 Å². The molecular weight excluding hydrogens is 366 g/mol. The highest BCUT2D eigenvalue weighted by molar-refractivity contribution is 5.59. The first-order valence-electron chi connectivity index (χ1n) is 10.8. The molecule has 0 aliphatic carbocycles. The highest BCUT2D eigenvalue weighted by Gasteiger charge is 2.25. The summed E-state index contributed by atoms with van der Waals surface area (Å²) in [5.41, 5.74) is 7.90. The summed E-state index contributed by atoms with van der Waals surface area (Å²) < 4.78 is 0. The van der Waals surface area contributed by atoms with E-state index in [4.69, 9.17) is 0 Å². The van der Waals surface area contributed by atoms with Crippen molar-refractivity contribution in [2.75, 3.05) is 34.7 Å². The van der Waals surface area contributed by atoms with E-state index in [9.17, 15) is 0 Å². The molecule has 3 aromatic carbocycles. The Morgan fingerprint density at radius 2 is 0.800 bits per heavy atom. The van der Waals surface area contributed by atoms with E-state index in [1.54, 1.807) is 0 Å². The summed E-state index contributed by atoms with van der Waals surface area (Å²) in [6.45, 7) is 13.7. The minimum Gasteiger partial charge on any atom is -0.336 e. The molecule has 0 atom stereocenters.